The largest absolute Gasteiger partial charge is 0.508 e. The maximum Gasteiger partial charge on any atom is 0.319 e. The van der Waals surface area contributed by atoms with Gasteiger partial charge in [0.2, 0.25) is 0 Å². The molecular formula is C34H31F3N4O2. The number of fused-ring (bicyclic) bond motifs is 5. The smallest absolute Gasteiger partial charge is 0.319 e. The van der Waals surface area contributed by atoms with Crippen LogP contribution >= 0.6 is 0 Å². The number of anilines is 1. The Kier molecular flexibility index (Phi) is 6.03. The number of terminal acetylenes is 1. The van der Waals surface area contributed by atoms with Crippen molar-refractivity contribution in [3.63, 3.8) is 0 Å². The summed E-state index contributed by atoms with van der Waals surface area (Å²) in [5.74, 6) is 2.26. The fraction of sp³-hybridized carbons (Fsp3) is 0.412. The van der Waals surface area contributed by atoms with Crippen LogP contribution in [0.3, 0.4) is 0 Å². The molecule has 43 heavy (non-hydrogen) atoms. The minimum Gasteiger partial charge on any atom is -0.508 e. The zero-order valence-electron chi connectivity index (χ0n) is 23.6. The SMILES string of the molecule is C#Cc1c(F)ccc2cc(O)cc(-c3ccc4c(N5CC6CCC5C6)nc(OC[C@@]56CCCN5C[C@H](F)C6)nc4c3F)c12. The van der Waals surface area contributed by atoms with Gasteiger partial charge in [0.05, 0.1) is 11.1 Å². The van der Waals surface area contributed by atoms with Gasteiger partial charge in [0.15, 0.2) is 5.82 Å². The Morgan fingerprint density at radius 2 is 1.98 bits per heavy atom. The third-order valence-corrected chi connectivity index (χ3v) is 10.2. The molecule has 6 nitrogen and oxygen atoms in total. The van der Waals surface area contributed by atoms with Gasteiger partial charge in [-0.05, 0) is 79.8 Å². The summed E-state index contributed by atoms with van der Waals surface area (Å²) in [5.41, 5.74) is 0.0682. The van der Waals surface area contributed by atoms with E-state index >= 15 is 4.39 Å². The molecule has 9 heteroatoms. The summed E-state index contributed by atoms with van der Waals surface area (Å²) in [5, 5.41) is 11.9. The predicted octanol–water partition coefficient (Wildman–Crippen LogP) is 6.36. The number of ether oxygens (including phenoxy) is 1. The third-order valence-electron chi connectivity index (χ3n) is 10.2. The quantitative estimate of drug-likeness (QED) is 0.276. The van der Waals surface area contributed by atoms with Gasteiger partial charge in [0, 0.05) is 41.9 Å². The molecule has 1 aliphatic carbocycles. The van der Waals surface area contributed by atoms with E-state index in [4.69, 9.17) is 16.1 Å². The van der Waals surface area contributed by atoms with Crippen molar-refractivity contribution in [2.45, 2.75) is 56.3 Å². The second-order valence-corrected chi connectivity index (χ2v) is 12.7. The van der Waals surface area contributed by atoms with Crippen molar-refractivity contribution in [1.82, 2.24) is 14.9 Å². The van der Waals surface area contributed by atoms with Crippen LogP contribution in [-0.4, -0.2) is 64.0 Å². The Hall–Kier alpha value is -4.03. The van der Waals surface area contributed by atoms with Gasteiger partial charge in [-0.25, -0.2) is 13.2 Å². The predicted molar refractivity (Wildman–Crippen MR) is 159 cm³/mol. The maximum atomic E-state index is 16.7. The first kappa shape index (κ1) is 26.6. The molecule has 0 spiro atoms. The fourth-order valence-corrected chi connectivity index (χ4v) is 8.23. The van der Waals surface area contributed by atoms with E-state index in [1.165, 1.54) is 30.7 Å². The first-order valence-corrected chi connectivity index (χ1v) is 15.0. The number of nitrogens with zero attached hydrogens (tertiary/aromatic N) is 4. The molecule has 4 atom stereocenters. The zero-order valence-corrected chi connectivity index (χ0v) is 23.6. The summed E-state index contributed by atoms with van der Waals surface area (Å²) in [7, 11) is 0. The Balaban J connectivity index is 1.28. The maximum absolute atomic E-state index is 16.7. The number of aromatic nitrogens is 2. The summed E-state index contributed by atoms with van der Waals surface area (Å²) < 4.78 is 52.2. The monoisotopic (exact) mass is 584 g/mol. The number of rotatable bonds is 5. The van der Waals surface area contributed by atoms with Gasteiger partial charge in [-0.15, -0.1) is 6.42 Å². The van der Waals surface area contributed by atoms with Crippen LogP contribution in [0.4, 0.5) is 19.0 Å². The third kappa shape index (κ3) is 4.14. The van der Waals surface area contributed by atoms with Crippen LogP contribution in [0.15, 0.2) is 36.4 Å². The van der Waals surface area contributed by atoms with E-state index < -0.39 is 23.3 Å². The minimum absolute atomic E-state index is 0.00408. The average Bonchev–Trinajstić information content (AvgIpc) is 3.77. The molecule has 3 aliphatic heterocycles. The van der Waals surface area contributed by atoms with Crippen molar-refractivity contribution >= 4 is 27.5 Å². The average molecular weight is 585 g/mol. The molecule has 3 aromatic carbocycles. The lowest BCUT2D eigenvalue weighted by molar-refractivity contribution is 0.107. The lowest BCUT2D eigenvalue weighted by Crippen LogP contribution is -2.43. The van der Waals surface area contributed by atoms with E-state index in [1.807, 2.05) is 0 Å². The molecule has 0 radical (unpaired) electrons. The summed E-state index contributed by atoms with van der Waals surface area (Å²) in [6, 6.07) is 9.40. The number of hydrogen-bond donors (Lipinski definition) is 1. The fourth-order valence-electron chi connectivity index (χ4n) is 8.23. The van der Waals surface area contributed by atoms with Gasteiger partial charge >= 0.3 is 6.01 Å². The number of alkyl halides is 1. The molecular weight excluding hydrogens is 553 g/mol. The Morgan fingerprint density at radius 1 is 1.09 bits per heavy atom. The molecule has 2 unspecified atom stereocenters. The molecule has 1 N–H and O–H groups in total. The minimum atomic E-state index is -0.896. The van der Waals surface area contributed by atoms with Crippen LogP contribution in [0.1, 0.15) is 44.1 Å². The summed E-state index contributed by atoms with van der Waals surface area (Å²) in [4.78, 5) is 13.8. The molecule has 0 amide bonds. The normalized spacial score (nSPS) is 26.5. The Bertz CT molecular complexity index is 1840. The van der Waals surface area contributed by atoms with Gasteiger partial charge in [-0.2, -0.15) is 9.97 Å². The van der Waals surface area contributed by atoms with Crippen LogP contribution < -0.4 is 9.64 Å². The van der Waals surface area contributed by atoms with Gasteiger partial charge in [0.25, 0.3) is 0 Å². The van der Waals surface area contributed by atoms with E-state index in [0.29, 0.717) is 46.9 Å². The van der Waals surface area contributed by atoms with Crippen molar-refractivity contribution in [1.29, 1.82) is 0 Å². The first-order chi connectivity index (χ1) is 20.8. The molecule has 4 aromatic rings. The second kappa shape index (κ2) is 9.75. The highest BCUT2D eigenvalue weighted by Crippen LogP contribution is 2.45. The van der Waals surface area contributed by atoms with Crippen LogP contribution in [0.2, 0.25) is 0 Å². The van der Waals surface area contributed by atoms with Crippen molar-refractivity contribution < 1.29 is 23.0 Å². The second-order valence-electron chi connectivity index (χ2n) is 12.7. The van der Waals surface area contributed by atoms with Crippen LogP contribution in [-0.2, 0) is 0 Å². The molecule has 1 aromatic heterocycles. The number of aromatic hydroxyl groups is 1. The van der Waals surface area contributed by atoms with Gasteiger partial charge < -0.3 is 14.7 Å². The molecule has 3 saturated heterocycles. The summed E-state index contributed by atoms with van der Waals surface area (Å²) in [6.07, 6.45) is 10.3. The van der Waals surface area contributed by atoms with Crippen LogP contribution in [0.5, 0.6) is 11.8 Å². The number of halogens is 3. The van der Waals surface area contributed by atoms with E-state index in [-0.39, 0.29) is 40.6 Å². The number of piperidine rings is 1. The van der Waals surface area contributed by atoms with Crippen molar-refractivity contribution in [3.8, 4) is 35.2 Å². The summed E-state index contributed by atoms with van der Waals surface area (Å²) >= 11 is 0. The van der Waals surface area contributed by atoms with E-state index in [2.05, 4.69) is 20.7 Å². The zero-order chi connectivity index (χ0) is 29.5. The number of benzene rings is 3. The summed E-state index contributed by atoms with van der Waals surface area (Å²) in [6.45, 7) is 2.30. The highest BCUT2D eigenvalue weighted by atomic mass is 19.1. The molecule has 2 bridgehead atoms. The van der Waals surface area contributed by atoms with Gasteiger partial charge in [-0.3, -0.25) is 4.90 Å². The first-order valence-electron chi connectivity index (χ1n) is 15.0. The number of phenols is 1. The van der Waals surface area contributed by atoms with Crippen LogP contribution in [0.25, 0.3) is 32.8 Å². The number of phenolic OH excluding ortho intramolecular Hbond substituents is 1. The van der Waals surface area contributed by atoms with Gasteiger partial charge in [-0.1, -0.05) is 18.1 Å². The number of hydrogen-bond acceptors (Lipinski definition) is 6. The topological polar surface area (TPSA) is 61.7 Å². The Labute approximate surface area is 247 Å². The standard InChI is InChI=1S/C34H31F3N4O2/c1-2-24-28(36)9-5-20-13-23(42)14-27(29(20)24)25-7-8-26-31(30(25)37)38-33(39-32(26)41-16-19-4-6-22(41)12-19)43-18-34-10-3-11-40(34)17-21(35)15-34/h1,5,7-9,13-14,19,21-22,42H,3-4,6,10-12,15-18H2/t19?,21-,22?,34+/m1/s1. The molecule has 4 fully saturated rings. The van der Waals surface area contributed by atoms with E-state index in [1.54, 1.807) is 12.1 Å². The molecule has 1 saturated carbocycles. The van der Waals surface area contributed by atoms with Crippen molar-refractivity contribution in [2.24, 2.45) is 5.92 Å². The van der Waals surface area contributed by atoms with E-state index in [0.717, 1.165) is 38.8 Å². The van der Waals surface area contributed by atoms with E-state index in [9.17, 15) is 13.9 Å². The molecule has 8 rings (SSSR count). The van der Waals surface area contributed by atoms with Gasteiger partial charge in [0.1, 0.15) is 35.7 Å². The highest BCUT2D eigenvalue weighted by molar-refractivity contribution is 6.04. The van der Waals surface area contributed by atoms with Crippen LogP contribution in [0, 0.1) is 29.9 Å². The lowest BCUT2D eigenvalue weighted by Gasteiger charge is -2.31. The molecule has 4 heterocycles. The highest BCUT2D eigenvalue weighted by Gasteiger charge is 2.49. The molecule has 220 valence electrons. The van der Waals surface area contributed by atoms with Crippen molar-refractivity contribution in [2.75, 3.05) is 31.1 Å². The Morgan fingerprint density at radius 3 is 2.77 bits per heavy atom. The van der Waals surface area contributed by atoms with Crippen molar-refractivity contribution in [3.05, 3.63) is 53.6 Å². The lowest BCUT2D eigenvalue weighted by atomic mass is 9.93. The molecule has 4 aliphatic rings.